The lowest BCUT2D eigenvalue weighted by atomic mass is 10.0. The Morgan fingerprint density at radius 2 is 2.33 bits per heavy atom. The molecule has 2 aromatic rings. The lowest BCUT2D eigenvalue weighted by Crippen LogP contribution is -1.97. The molecule has 0 amide bonds. The van der Waals surface area contributed by atoms with Crippen LogP contribution in [0.15, 0.2) is 18.2 Å². The van der Waals surface area contributed by atoms with Crippen molar-refractivity contribution in [2.24, 2.45) is 5.73 Å². The molecule has 15 heavy (non-hydrogen) atoms. The van der Waals surface area contributed by atoms with Gasteiger partial charge in [-0.1, -0.05) is 25.1 Å². The Labute approximate surface area is 89.5 Å². The maximum atomic E-state index is 5.75. The van der Waals surface area contributed by atoms with E-state index in [4.69, 9.17) is 5.73 Å². The smallest absolute Gasteiger partial charge is 0.0504 e. The highest BCUT2D eigenvalue weighted by Gasteiger charge is 2.23. The molecule has 1 aliphatic rings. The van der Waals surface area contributed by atoms with Gasteiger partial charge in [0.1, 0.15) is 0 Å². The Kier molecular flexibility index (Phi) is 1.86. The monoisotopic (exact) mass is 200 g/mol. The first-order chi connectivity index (χ1) is 7.31. The van der Waals surface area contributed by atoms with Crippen LogP contribution < -0.4 is 5.73 Å². The third-order valence-corrected chi connectivity index (χ3v) is 3.58. The first-order valence-electron chi connectivity index (χ1n) is 5.63. The van der Waals surface area contributed by atoms with Crippen molar-refractivity contribution in [1.82, 2.24) is 4.98 Å². The molecule has 0 saturated heterocycles. The summed E-state index contributed by atoms with van der Waals surface area (Å²) in [5.74, 6) is 0.696. The van der Waals surface area contributed by atoms with Crippen LogP contribution in [0.25, 0.3) is 10.9 Å². The van der Waals surface area contributed by atoms with Gasteiger partial charge in [0.2, 0.25) is 0 Å². The van der Waals surface area contributed by atoms with Gasteiger partial charge in [0.05, 0.1) is 5.52 Å². The van der Waals surface area contributed by atoms with Crippen molar-refractivity contribution in [2.75, 3.05) is 0 Å². The summed E-state index contributed by atoms with van der Waals surface area (Å²) in [6.07, 6.45) is 2.47. The second-order valence-electron chi connectivity index (χ2n) is 4.50. The number of hydrogen-bond donors (Lipinski definition) is 2. The molecule has 3 N–H and O–H groups in total. The van der Waals surface area contributed by atoms with E-state index in [0.29, 0.717) is 12.5 Å². The summed E-state index contributed by atoms with van der Waals surface area (Å²) in [5.41, 5.74) is 11.2. The summed E-state index contributed by atoms with van der Waals surface area (Å²) in [5, 5.41) is 1.39. The molecule has 3 rings (SSSR count). The van der Waals surface area contributed by atoms with E-state index in [1.165, 1.54) is 40.6 Å². The Bertz CT molecular complexity index is 510. The molecule has 0 saturated carbocycles. The lowest BCUT2D eigenvalue weighted by Gasteiger charge is -2.04. The number of nitrogens with two attached hydrogens (primary N) is 1. The largest absolute Gasteiger partial charge is 0.358 e. The molecule has 0 radical (unpaired) electrons. The fourth-order valence-corrected chi connectivity index (χ4v) is 2.79. The molecule has 1 atom stereocenters. The molecule has 1 aromatic carbocycles. The molecular weight excluding hydrogens is 184 g/mol. The zero-order valence-corrected chi connectivity index (χ0v) is 9.01. The van der Waals surface area contributed by atoms with Crippen molar-refractivity contribution in [1.29, 1.82) is 0 Å². The quantitative estimate of drug-likeness (QED) is 0.730. The third kappa shape index (κ3) is 1.15. The fraction of sp³-hybridized carbons (Fsp3) is 0.385. The number of nitrogens with one attached hydrogen (secondary N) is 1. The fourth-order valence-electron chi connectivity index (χ4n) is 2.79. The SMILES string of the molecule is CC1CCc2[nH]c3c(CN)cccc3c21. The van der Waals surface area contributed by atoms with E-state index in [9.17, 15) is 0 Å². The second-order valence-corrected chi connectivity index (χ2v) is 4.50. The van der Waals surface area contributed by atoms with Crippen molar-refractivity contribution in [3.05, 3.63) is 35.0 Å². The topological polar surface area (TPSA) is 41.8 Å². The molecule has 2 nitrogen and oxygen atoms in total. The summed E-state index contributed by atoms with van der Waals surface area (Å²) in [4.78, 5) is 3.55. The van der Waals surface area contributed by atoms with Crippen LogP contribution in [0.5, 0.6) is 0 Å². The van der Waals surface area contributed by atoms with Crippen LogP contribution >= 0.6 is 0 Å². The molecule has 1 aromatic heterocycles. The molecule has 0 aliphatic heterocycles. The van der Waals surface area contributed by atoms with Gasteiger partial charge in [-0.3, -0.25) is 0 Å². The van der Waals surface area contributed by atoms with Gasteiger partial charge in [0, 0.05) is 17.6 Å². The highest BCUT2D eigenvalue weighted by molar-refractivity contribution is 5.88. The van der Waals surface area contributed by atoms with E-state index < -0.39 is 0 Å². The number of aryl methyl sites for hydroxylation is 1. The van der Waals surface area contributed by atoms with Gasteiger partial charge in [-0.25, -0.2) is 0 Å². The predicted octanol–water partition coefficient (Wildman–Crippen LogP) is 2.68. The van der Waals surface area contributed by atoms with Crippen molar-refractivity contribution >= 4 is 10.9 Å². The minimum atomic E-state index is 0.616. The molecular formula is C13H16N2. The highest BCUT2D eigenvalue weighted by Crippen LogP contribution is 2.38. The summed E-state index contributed by atoms with van der Waals surface area (Å²) in [6.45, 7) is 2.93. The Morgan fingerprint density at radius 1 is 1.47 bits per heavy atom. The summed E-state index contributed by atoms with van der Waals surface area (Å²) < 4.78 is 0. The number of benzene rings is 1. The molecule has 1 aliphatic carbocycles. The van der Waals surface area contributed by atoms with Gasteiger partial charge in [-0.05, 0) is 29.9 Å². The average Bonchev–Trinajstić information content (AvgIpc) is 2.78. The average molecular weight is 200 g/mol. The van der Waals surface area contributed by atoms with E-state index in [2.05, 4.69) is 30.1 Å². The molecule has 1 heterocycles. The number of fused-ring (bicyclic) bond motifs is 3. The van der Waals surface area contributed by atoms with E-state index in [0.717, 1.165) is 0 Å². The van der Waals surface area contributed by atoms with Gasteiger partial charge in [0.15, 0.2) is 0 Å². The number of hydrogen-bond acceptors (Lipinski definition) is 1. The van der Waals surface area contributed by atoms with Crippen molar-refractivity contribution in [3.63, 3.8) is 0 Å². The van der Waals surface area contributed by atoms with Gasteiger partial charge in [0.25, 0.3) is 0 Å². The number of rotatable bonds is 1. The maximum Gasteiger partial charge on any atom is 0.0504 e. The maximum absolute atomic E-state index is 5.75. The third-order valence-electron chi connectivity index (χ3n) is 3.58. The van der Waals surface area contributed by atoms with Gasteiger partial charge in [-0.2, -0.15) is 0 Å². The first kappa shape index (κ1) is 8.98. The van der Waals surface area contributed by atoms with Crippen molar-refractivity contribution < 1.29 is 0 Å². The van der Waals surface area contributed by atoms with Crippen molar-refractivity contribution in [2.45, 2.75) is 32.2 Å². The number of H-pyrrole nitrogens is 1. The highest BCUT2D eigenvalue weighted by atomic mass is 14.7. The van der Waals surface area contributed by atoms with Crippen LogP contribution in [-0.4, -0.2) is 4.98 Å². The first-order valence-corrected chi connectivity index (χ1v) is 5.63. The summed E-state index contributed by atoms with van der Waals surface area (Å²) in [6, 6.07) is 6.44. The van der Waals surface area contributed by atoms with Crippen LogP contribution in [-0.2, 0) is 13.0 Å². The summed E-state index contributed by atoms with van der Waals surface area (Å²) >= 11 is 0. The Morgan fingerprint density at radius 3 is 3.13 bits per heavy atom. The van der Waals surface area contributed by atoms with Crippen LogP contribution in [0.1, 0.15) is 36.1 Å². The molecule has 0 fully saturated rings. The minimum absolute atomic E-state index is 0.616. The Hall–Kier alpha value is -1.28. The van der Waals surface area contributed by atoms with Gasteiger partial charge in [-0.15, -0.1) is 0 Å². The minimum Gasteiger partial charge on any atom is -0.358 e. The zero-order chi connectivity index (χ0) is 10.4. The van der Waals surface area contributed by atoms with E-state index in [1.807, 2.05) is 0 Å². The molecule has 0 spiro atoms. The number of aromatic amines is 1. The van der Waals surface area contributed by atoms with Crippen molar-refractivity contribution in [3.8, 4) is 0 Å². The van der Waals surface area contributed by atoms with Gasteiger partial charge >= 0.3 is 0 Å². The molecule has 0 bridgehead atoms. The van der Waals surface area contributed by atoms with Crippen LogP contribution in [0.4, 0.5) is 0 Å². The number of para-hydroxylation sites is 1. The second kappa shape index (κ2) is 3.11. The van der Waals surface area contributed by atoms with Crippen LogP contribution in [0, 0.1) is 0 Å². The van der Waals surface area contributed by atoms with E-state index in [1.54, 1.807) is 0 Å². The Balaban J connectivity index is 2.35. The normalized spacial score (nSPS) is 19.7. The molecule has 1 unspecified atom stereocenters. The summed E-state index contributed by atoms with van der Waals surface area (Å²) in [7, 11) is 0. The molecule has 2 heteroatoms. The van der Waals surface area contributed by atoms with E-state index >= 15 is 0 Å². The van der Waals surface area contributed by atoms with E-state index in [-0.39, 0.29) is 0 Å². The van der Waals surface area contributed by atoms with Crippen LogP contribution in [0.2, 0.25) is 0 Å². The molecule has 78 valence electrons. The van der Waals surface area contributed by atoms with Crippen LogP contribution in [0.3, 0.4) is 0 Å². The lowest BCUT2D eigenvalue weighted by molar-refractivity contribution is 0.747. The zero-order valence-electron chi connectivity index (χ0n) is 9.01. The van der Waals surface area contributed by atoms with Gasteiger partial charge < -0.3 is 10.7 Å². The predicted molar refractivity (Wildman–Crippen MR) is 62.9 cm³/mol. The standard InChI is InChI=1S/C13H16N2/c1-8-5-6-11-12(8)10-4-2-3-9(7-14)13(10)15-11/h2-4,8,15H,5-7,14H2,1H3. The number of aromatic nitrogens is 1.